The summed E-state index contributed by atoms with van der Waals surface area (Å²) in [6.45, 7) is 0. The highest BCUT2D eigenvalue weighted by Gasteiger charge is 2.20. The summed E-state index contributed by atoms with van der Waals surface area (Å²) in [5.74, 6) is 0. The minimum atomic E-state index is 0.166. The molecule has 0 aliphatic heterocycles. The zero-order chi connectivity index (χ0) is 30.6. The van der Waals surface area contributed by atoms with E-state index in [1.54, 1.807) is 0 Å². The minimum absolute atomic E-state index is 0.166. The van der Waals surface area contributed by atoms with Gasteiger partial charge in [-0.25, -0.2) is 0 Å². The Morgan fingerprint density at radius 3 is 1.91 bits per heavy atom. The molecule has 0 N–H and O–H groups in total. The van der Waals surface area contributed by atoms with Crippen LogP contribution >= 0.6 is 0 Å². The van der Waals surface area contributed by atoms with Gasteiger partial charge in [-0.05, 0) is 89.3 Å². The Bertz CT molecular complexity index is 2560. The monoisotopic (exact) mass is 587 g/mol. The molecular weight excluding hydrogens is 558 g/mol. The lowest BCUT2D eigenvalue weighted by Crippen LogP contribution is -2.08. The lowest BCUT2D eigenvalue weighted by Gasteiger charge is -2.21. The molecule has 3 nitrogen and oxygen atoms in total. The quantitative estimate of drug-likeness (QED) is 0.202. The van der Waals surface area contributed by atoms with Gasteiger partial charge in [0.15, 0.2) is 0 Å². The molecular formula is C43H29N3. The van der Waals surface area contributed by atoms with E-state index in [9.17, 15) is 5.26 Å². The molecule has 6 aromatic carbocycles. The SMILES string of the molecule is N#Cc1ccc2c(c1)c1cc(-c3ccc4c(c3)c3ccccc3n4-c3ccccc3)ccc1n2C1C=C(c2ccccc2)C=CC1. The molecule has 2 heterocycles. The van der Waals surface area contributed by atoms with Crippen molar-refractivity contribution in [3.63, 3.8) is 0 Å². The highest BCUT2D eigenvalue weighted by Crippen LogP contribution is 2.40. The highest BCUT2D eigenvalue weighted by atomic mass is 15.0. The molecule has 216 valence electrons. The van der Waals surface area contributed by atoms with Crippen molar-refractivity contribution in [3.05, 3.63) is 169 Å². The molecule has 1 atom stereocenters. The Morgan fingerprint density at radius 1 is 0.543 bits per heavy atom. The van der Waals surface area contributed by atoms with Crippen molar-refractivity contribution in [1.82, 2.24) is 9.13 Å². The number of allylic oxidation sites excluding steroid dienone is 4. The molecule has 0 fully saturated rings. The van der Waals surface area contributed by atoms with Crippen molar-refractivity contribution >= 4 is 49.2 Å². The van der Waals surface area contributed by atoms with Gasteiger partial charge in [-0.1, -0.05) is 97.1 Å². The summed E-state index contributed by atoms with van der Waals surface area (Å²) in [4.78, 5) is 0. The summed E-state index contributed by atoms with van der Waals surface area (Å²) < 4.78 is 4.81. The number of hydrogen-bond acceptors (Lipinski definition) is 1. The number of para-hydroxylation sites is 2. The number of fused-ring (bicyclic) bond motifs is 6. The largest absolute Gasteiger partial charge is 0.333 e. The molecule has 1 aliphatic rings. The zero-order valence-electron chi connectivity index (χ0n) is 25.1. The molecule has 0 spiro atoms. The van der Waals surface area contributed by atoms with Gasteiger partial charge in [0.05, 0.1) is 28.7 Å². The van der Waals surface area contributed by atoms with Crippen LogP contribution in [0, 0.1) is 11.3 Å². The number of nitriles is 1. The minimum Gasteiger partial charge on any atom is -0.333 e. The number of hydrogen-bond donors (Lipinski definition) is 0. The fourth-order valence-corrected chi connectivity index (χ4v) is 7.34. The molecule has 0 bridgehead atoms. The second kappa shape index (κ2) is 10.5. The molecule has 1 unspecified atom stereocenters. The maximum absolute atomic E-state index is 9.81. The van der Waals surface area contributed by atoms with Crippen molar-refractivity contribution in [3.8, 4) is 22.9 Å². The Labute approximate surface area is 267 Å². The Morgan fingerprint density at radius 2 is 1.15 bits per heavy atom. The summed E-state index contributed by atoms with van der Waals surface area (Å²) in [6.07, 6.45) is 7.82. The first-order chi connectivity index (χ1) is 22.8. The van der Waals surface area contributed by atoms with Crippen molar-refractivity contribution in [2.45, 2.75) is 12.5 Å². The molecule has 2 aromatic heterocycles. The second-order valence-corrected chi connectivity index (χ2v) is 12.1. The Balaban J connectivity index is 1.23. The van der Waals surface area contributed by atoms with Crippen LogP contribution in [0.4, 0.5) is 0 Å². The van der Waals surface area contributed by atoms with Crippen LogP contribution in [0.1, 0.15) is 23.6 Å². The van der Waals surface area contributed by atoms with Crippen molar-refractivity contribution in [2.75, 3.05) is 0 Å². The summed E-state index contributed by atoms with van der Waals surface area (Å²) in [5.41, 5.74) is 11.4. The fraction of sp³-hybridized carbons (Fsp3) is 0.0465. The van der Waals surface area contributed by atoms with Crippen LogP contribution in [0.3, 0.4) is 0 Å². The van der Waals surface area contributed by atoms with E-state index in [0.29, 0.717) is 5.56 Å². The first-order valence-electron chi connectivity index (χ1n) is 15.8. The van der Waals surface area contributed by atoms with Gasteiger partial charge in [0, 0.05) is 38.3 Å². The summed E-state index contributed by atoms with van der Waals surface area (Å²) in [6, 6.07) is 52.1. The number of rotatable bonds is 4. The maximum atomic E-state index is 9.81. The number of nitrogens with zero attached hydrogens (tertiary/aromatic N) is 3. The molecule has 0 radical (unpaired) electrons. The Kier molecular flexibility index (Phi) is 6.01. The predicted molar refractivity (Wildman–Crippen MR) is 191 cm³/mol. The third kappa shape index (κ3) is 4.12. The van der Waals surface area contributed by atoms with Crippen LogP contribution in [0.5, 0.6) is 0 Å². The molecule has 0 saturated carbocycles. The van der Waals surface area contributed by atoms with E-state index in [2.05, 4.69) is 167 Å². The fourth-order valence-electron chi connectivity index (χ4n) is 7.34. The normalized spacial score (nSPS) is 14.7. The Hall–Kier alpha value is -6.11. The van der Waals surface area contributed by atoms with Gasteiger partial charge in [-0.3, -0.25) is 0 Å². The average Bonchev–Trinajstić information content (AvgIpc) is 3.64. The van der Waals surface area contributed by atoms with Crippen LogP contribution in [0.15, 0.2) is 158 Å². The van der Waals surface area contributed by atoms with Gasteiger partial charge >= 0.3 is 0 Å². The molecule has 0 saturated heterocycles. The molecule has 8 aromatic rings. The van der Waals surface area contributed by atoms with E-state index in [-0.39, 0.29) is 6.04 Å². The number of aromatic nitrogens is 2. The van der Waals surface area contributed by atoms with Crippen LogP contribution in [-0.2, 0) is 0 Å². The van der Waals surface area contributed by atoms with Crippen LogP contribution in [-0.4, -0.2) is 9.13 Å². The van der Waals surface area contributed by atoms with E-state index in [4.69, 9.17) is 0 Å². The van der Waals surface area contributed by atoms with Gasteiger partial charge < -0.3 is 9.13 Å². The summed E-state index contributed by atoms with van der Waals surface area (Å²) in [7, 11) is 0. The van der Waals surface area contributed by atoms with Crippen LogP contribution in [0.2, 0.25) is 0 Å². The van der Waals surface area contributed by atoms with E-state index in [0.717, 1.165) is 28.6 Å². The molecule has 1 aliphatic carbocycles. The third-order valence-corrected chi connectivity index (χ3v) is 9.44. The summed E-state index contributed by atoms with van der Waals surface area (Å²) >= 11 is 0. The van der Waals surface area contributed by atoms with Crippen molar-refractivity contribution < 1.29 is 0 Å². The van der Waals surface area contributed by atoms with E-state index in [1.165, 1.54) is 49.4 Å². The lowest BCUT2D eigenvalue weighted by atomic mass is 9.96. The van der Waals surface area contributed by atoms with E-state index < -0.39 is 0 Å². The first-order valence-corrected chi connectivity index (χ1v) is 15.8. The van der Waals surface area contributed by atoms with Gasteiger partial charge in [0.2, 0.25) is 0 Å². The molecule has 3 heteroatoms. The highest BCUT2D eigenvalue weighted by molar-refractivity contribution is 6.12. The maximum Gasteiger partial charge on any atom is 0.0991 e. The van der Waals surface area contributed by atoms with E-state index in [1.807, 2.05) is 6.07 Å². The second-order valence-electron chi connectivity index (χ2n) is 12.1. The predicted octanol–water partition coefficient (Wildman–Crippen LogP) is 11.0. The summed E-state index contributed by atoms with van der Waals surface area (Å²) in [5, 5.41) is 14.6. The van der Waals surface area contributed by atoms with Gasteiger partial charge in [-0.15, -0.1) is 0 Å². The topological polar surface area (TPSA) is 33.6 Å². The van der Waals surface area contributed by atoms with E-state index >= 15 is 0 Å². The van der Waals surface area contributed by atoms with Crippen LogP contribution < -0.4 is 0 Å². The first kappa shape index (κ1) is 26.3. The molecule has 0 amide bonds. The lowest BCUT2D eigenvalue weighted by molar-refractivity contribution is 0.650. The van der Waals surface area contributed by atoms with Crippen LogP contribution in [0.25, 0.3) is 66.0 Å². The molecule has 46 heavy (non-hydrogen) atoms. The van der Waals surface area contributed by atoms with Gasteiger partial charge in [0.1, 0.15) is 0 Å². The van der Waals surface area contributed by atoms with Gasteiger partial charge in [-0.2, -0.15) is 5.26 Å². The third-order valence-electron chi connectivity index (χ3n) is 9.44. The van der Waals surface area contributed by atoms with Gasteiger partial charge in [0.25, 0.3) is 0 Å². The smallest absolute Gasteiger partial charge is 0.0991 e. The van der Waals surface area contributed by atoms with Crippen molar-refractivity contribution in [2.24, 2.45) is 0 Å². The van der Waals surface area contributed by atoms with Crippen molar-refractivity contribution in [1.29, 1.82) is 5.26 Å². The standard InChI is InChI=1S/C43H29N3/c44-28-29-18-21-41-37(24-29)39-27-33(20-23-43(39)46(41)35-15-9-12-31(25-35)30-10-3-1-4-11-30)32-19-22-42-38(26-32)36-16-7-8-17-40(36)45(42)34-13-5-2-6-14-34/h1-14,16-27,35H,15H2. The molecule has 9 rings (SSSR count). The average molecular weight is 588 g/mol. The number of benzene rings is 6. The zero-order valence-corrected chi connectivity index (χ0v) is 25.1.